The summed E-state index contributed by atoms with van der Waals surface area (Å²) in [4.78, 5) is 24.0. The Kier molecular flexibility index (Phi) is 7.63. The number of aliphatic hydroxyl groups is 3. The van der Waals surface area contributed by atoms with E-state index < -0.39 is 35.7 Å². The van der Waals surface area contributed by atoms with E-state index >= 15 is 0 Å². The van der Waals surface area contributed by atoms with Crippen molar-refractivity contribution in [1.82, 2.24) is 0 Å². The number of aryl methyl sites for hydroxylation is 1. The molecule has 3 N–H and O–H groups in total. The fraction of sp³-hybridized carbons (Fsp3) is 0.478. The Morgan fingerprint density at radius 2 is 1.93 bits per heavy atom. The molecule has 30 heavy (non-hydrogen) atoms. The van der Waals surface area contributed by atoms with Crippen LogP contribution < -0.4 is 0 Å². The molecule has 1 aliphatic heterocycles. The number of benzene rings is 1. The van der Waals surface area contributed by atoms with Crippen molar-refractivity contribution in [3.63, 3.8) is 0 Å². The van der Waals surface area contributed by atoms with E-state index in [0.717, 1.165) is 12.8 Å². The van der Waals surface area contributed by atoms with Crippen LogP contribution in [0.4, 0.5) is 0 Å². The van der Waals surface area contributed by atoms with Crippen LogP contribution >= 0.6 is 15.9 Å². The number of ketones is 1. The third-order valence-electron chi connectivity index (χ3n) is 5.65. The number of hydrogen-bond acceptors (Lipinski definition) is 6. The quantitative estimate of drug-likeness (QED) is 0.301. The monoisotopic (exact) mass is 478 g/mol. The molecule has 1 heterocycles. The molecule has 4 atom stereocenters. The Bertz CT molecular complexity index is 833. The molecule has 1 unspecified atom stereocenters. The third kappa shape index (κ3) is 5.27. The predicted molar refractivity (Wildman–Crippen MR) is 115 cm³/mol. The van der Waals surface area contributed by atoms with Gasteiger partial charge in [-0.3, -0.25) is 9.59 Å². The van der Waals surface area contributed by atoms with E-state index in [1.165, 1.54) is 17.7 Å². The standard InChI is InChI=1S/C23H27BrO6/c24-17-14-23(29,20(26)11-5-4-9-15-7-2-1-3-8-15)16(22(17)28)13-18(25)19-10-6-12-21(27)30-19/h1-3,7-8,13-14,18-20,25-26,29H,4-6,9-12H2/b16-13+/t18-,19?,20-,23+/m1/s1. The topological polar surface area (TPSA) is 104 Å². The van der Waals surface area contributed by atoms with Crippen LogP contribution in [0.1, 0.15) is 44.1 Å². The lowest BCUT2D eigenvalue weighted by Gasteiger charge is -2.30. The van der Waals surface area contributed by atoms with Crippen molar-refractivity contribution in [3.05, 3.63) is 58.1 Å². The number of halogens is 1. The summed E-state index contributed by atoms with van der Waals surface area (Å²) in [5, 5.41) is 32.3. The highest BCUT2D eigenvalue weighted by Crippen LogP contribution is 2.38. The Hall–Kier alpha value is -1.80. The van der Waals surface area contributed by atoms with Gasteiger partial charge in [0.25, 0.3) is 0 Å². The molecule has 6 nitrogen and oxygen atoms in total. The van der Waals surface area contributed by atoms with E-state index in [1.54, 1.807) is 0 Å². The molecular weight excluding hydrogens is 452 g/mol. The van der Waals surface area contributed by atoms with Crippen LogP contribution in [-0.4, -0.2) is 51.0 Å². The number of cyclic esters (lactones) is 1. The van der Waals surface area contributed by atoms with E-state index in [-0.39, 0.29) is 10.1 Å². The molecule has 0 radical (unpaired) electrons. The van der Waals surface area contributed by atoms with E-state index in [2.05, 4.69) is 15.9 Å². The number of carbonyl (C=O) groups is 2. The Labute approximate surface area is 184 Å². The largest absolute Gasteiger partial charge is 0.459 e. The second-order valence-corrected chi connectivity index (χ2v) is 8.74. The first-order valence-electron chi connectivity index (χ1n) is 10.3. The van der Waals surface area contributed by atoms with Crippen molar-refractivity contribution < 1.29 is 29.6 Å². The Balaban J connectivity index is 1.65. The van der Waals surface area contributed by atoms with Gasteiger partial charge in [-0.25, -0.2) is 0 Å². The fourth-order valence-corrected chi connectivity index (χ4v) is 4.48. The molecule has 0 bridgehead atoms. The van der Waals surface area contributed by atoms with Crippen molar-refractivity contribution in [3.8, 4) is 0 Å². The smallest absolute Gasteiger partial charge is 0.306 e. The summed E-state index contributed by atoms with van der Waals surface area (Å²) in [6, 6.07) is 10.00. The number of ether oxygens (including phenoxy) is 1. The zero-order chi connectivity index (χ0) is 21.7. The van der Waals surface area contributed by atoms with Gasteiger partial charge >= 0.3 is 5.97 Å². The van der Waals surface area contributed by atoms with Crippen molar-refractivity contribution in [2.45, 2.75) is 68.9 Å². The normalized spacial score (nSPS) is 27.7. The van der Waals surface area contributed by atoms with Crippen LogP contribution in [0.15, 0.2) is 52.5 Å². The van der Waals surface area contributed by atoms with E-state index in [9.17, 15) is 24.9 Å². The number of unbranched alkanes of at least 4 members (excludes halogenated alkanes) is 1. The molecule has 1 aromatic rings. The first-order chi connectivity index (χ1) is 14.3. The lowest BCUT2D eigenvalue weighted by Crippen LogP contribution is -2.43. The molecule has 162 valence electrons. The minimum Gasteiger partial charge on any atom is -0.459 e. The minimum absolute atomic E-state index is 0.0981. The number of aliphatic hydroxyl groups excluding tert-OH is 2. The minimum atomic E-state index is -1.90. The summed E-state index contributed by atoms with van der Waals surface area (Å²) in [5.41, 5.74) is -0.795. The summed E-state index contributed by atoms with van der Waals surface area (Å²) < 4.78 is 5.28. The first-order valence-corrected chi connectivity index (χ1v) is 11.1. The molecule has 3 rings (SSSR count). The third-order valence-corrected chi connectivity index (χ3v) is 6.24. The van der Waals surface area contributed by atoms with Gasteiger partial charge in [0.05, 0.1) is 10.6 Å². The first kappa shape index (κ1) is 22.9. The fourth-order valence-electron chi connectivity index (χ4n) is 3.92. The number of esters is 1. The molecule has 0 saturated carbocycles. The average molecular weight is 479 g/mol. The molecule has 2 aliphatic rings. The lowest BCUT2D eigenvalue weighted by atomic mass is 9.86. The van der Waals surface area contributed by atoms with E-state index in [0.29, 0.717) is 32.1 Å². The van der Waals surface area contributed by atoms with Crippen molar-refractivity contribution in [2.75, 3.05) is 0 Å². The molecule has 1 aliphatic carbocycles. The average Bonchev–Trinajstić information content (AvgIpc) is 2.96. The SMILES string of the molecule is O=C1CCCC([C@H](O)/C=C2\C(=O)C(Br)=C[C@@]2(O)[C@H](O)CCCCc2ccccc2)O1. The zero-order valence-corrected chi connectivity index (χ0v) is 18.3. The summed E-state index contributed by atoms with van der Waals surface area (Å²) in [7, 11) is 0. The number of carbonyl (C=O) groups excluding carboxylic acids is 2. The Morgan fingerprint density at radius 1 is 1.20 bits per heavy atom. The lowest BCUT2D eigenvalue weighted by molar-refractivity contribution is -0.158. The highest BCUT2D eigenvalue weighted by molar-refractivity contribution is 9.12. The van der Waals surface area contributed by atoms with Crippen molar-refractivity contribution in [2.24, 2.45) is 0 Å². The summed E-state index contributed by atoms with van der Waals surface area (Å²) in [6.07, 6.45) is 3.29. The summed E-state index contributed by atoms with van der Waals surface area (Å²) >= 11 is 3.13. The van der Waals surface area contributed by atoms with Crippen LogP contribution in [0.25, 0.3) is 0 Å². The number of rotatable bonds is 8. The van der Waals surface area contributed by atoms with Crippen LogP contribution in [0.3, 0.4) is 0 Å². The van der Waals surface area contributed by atoms with E-state index in [1.807, 2.05) is 30.3 Å². The molecule has 1 fully saturated rings. The van der Waals surface area contributed by atoms with Crippen molar-refractivity contribution in [1.29, 1.82) is 0 Å². The summed E-state index contributed by atoms with van der Waals surface area (Å²) in [6.45, 7) is 0. The van der Waals surface area contributed by atoms with Crippen LogP contribution in [-0.2, 0) is 20.7 Å². The second-order valence-electron chi connectivity index (χ2n) is 7.89. The predicted octanol–water partition coefficient (Wildman–Crippen LogP) is 2.74. The summed E-state index contributed by atoms with van der Waals surface area (Å²) in [5.74, 6) is -0.892. The number of allylic oxidation sites excluding steroid dienone is 1. The van der Waals surface area contributed by atoms with Gasteiger partial charge in [-0.2, -0.15) is 0 Å². The Morgan fingerprint density at radius 3 is 2.63 bits per heavy atom. The maximum Gasteiger partial charge on any atom is 0.306 e. The molecular formula is C23H27BrO6. The highest BCUT2D eigenvalue weighted by atomic mass is 79.9. The maximum atomic E-state index is 12.5. The number of hydrogen-bond donors (Lipinski definition) is 3. The van der Waals surface area contributed by atoms with Gasteiger partial charge in [-0.05, 0) is 65.7 Å². The van der Waals surface area contributed by atoms with E-state index in [4.69, 9.17) is 4.74 Å². The highest BCUT2D eigenvalue weighted by Gasteiger charge is 2.47. The van der Waals surface area contributed by atoms with Gasteiger partial charge in [-0.1, -0.05) is 36.8 Å². The maximum absolute atomic E-state index is 12.5. The molecule has 0 spiro atoms. The van der Waals surface area contributed by atoms with Gasteiger partial charge in [0.1, 0.15) is 17.8 Å². The molecule has 7 heteroatoms. The van der Waals surface area contributed by atoms with Gasteiger partial charge in [0, 0.05) is 12.0 Å². The molecule has 1 aromatic carbocycles. The van der Waals surface area contributed by atoms with Crippen molar-refractivity contribution >= 4 is 27.7 Å². The zero-order valence-electron chi connectivity index (χ0n) is 16.7. The van der Waals surface area contributed by atoms with Crippen LogP contribution in [0, 0.1) is 0 Å². The van der Waals surface area contributed by atoms with Gasteiger partial charge in [0.15, 0.2) is 5.78 Å². The second kappa shape index (κ2) is 10.0. The van der Waals surface area contributed by atoms with Gasteiger partial charge in [-0.15, -0.1) is 0 Å². The molecule has 0 amide bonds. The number of Topliss-reactive ketones (excluding diaryl/α,β-unsaturated/α-hetero) is 1. The molecule has 0 aromatic heterocycles. The van der Waals surface area contributed by atoms with Gasteiger partial charge < -0.3 is 20.1 Å². The van der Waals surface area contributed by atoms with Crippen LogP contribution in [0.2, 0.25) is 0 Å². The van der Waals surface area contributed by atoms with Crippen LogP contribution in [0.5, 0.6) is 0 Å². The van der Waals surface area contributed by atoms with Gasteiger partial charge in [0.2, 0.25) is 0 Å². The molecule has 1 saturated heterocycles.